The van der Waals surface area contributed by atoms with Gasteiger partial charge in [0.15, 0.2) is 12.4 Å². The lowest BCUT2D eigenvalue weighted by molar-refractivity contribution is -0.697. The van der Waals surface area contributed by atoms with Gasteiger partial charge in [-0.1, -0.05) is 31.3 Å². The predicted octanol–water partition coefficient (Wildman–Crippen LogP) is -0.238. The van der Waals surface area contributed by atoms with Crippen LogP contribution in [0.4, 0.5) is 5.13 Å². The van der Waals surface area contributed by atoms with Crippen LogP contribution in [-0.4, -0.2) is 16.1 Å². The van der Waals surface area contributed by atoms with E-state index in [-0.39, 0.29) is 22.9 Å². The van der Waals surface area contributed by atoms with Gasteiger partial charge in [0.2, 0.25) is 11.0 Å². The Bertz CT molecular complexity index is 574. The Morgan fingerprint density at radius 2 is 1.95 bits per heavy atom. The molecule has 0 aliphatic carbocycles. The third-order valence-electron chi connectivity index (χ3n) is 3.03. The first-order valence-electron chi connectivity index (χ1n) is 7.22. The van der Waals surface area contributed by atoms with Crippen LogP contribution in [0.3, 0.4) is 0 Å². The normalized spacial score (nSPS) is 10.3. The summed E-state index contributed by atoms with van der Waals surface area (Å²) in [6.07, 6.45) is 6.44. The molecule has 0 aliphatic rings. The summed E-state index contributed by atoms with van der Waals surface area (Å²) in [4.78, 5) is 11.8. The lowest BCUT2D eigenvalue weighted by Gasteiger charge is -2.00. The van der Waals surface area contributed by atoms with E-state index in [0.29, 0.717) is 17.5 Å². The van der Waals surface area contributed by atoms with Crippen LogP contribution in [0.25, 0.3) is 0 Å². The van der Waals surface area contributed by atoms with Crippen LogP contribution < -0.4 is 26.9 Å². The van der Waals surface area contributed by atoms with Gasteiger partial charge in [0.05, 0.1) is 0 Å². The van der Waals surface area contributed by atoms with Gasteiger partial charge in [0.25, 0.3) is 0 Å². The Hall–Kier alpha value is -1.34. The van der Waals surface area contributed by atoms with E-state index in [2.05, 4.69) is 33.9 Å². The summed E-state index contributed by atoms with van der Waals surface area (Å²) in [5, 5.41) is 12.4. The van der Waals surface area contributed by atoms with Crippen molar-refractivity contribution in [3.8, 4) is 0 Å². The van der Waals surface area contributed by atoms with Gasteiger partial charge in [-0.3, -0.25) is 4.79 Å². The van der Waals surface area contributed by atoms with E-state index < -0.39 is 0 Å². The van der Waals surface area contributed by atoms with Gasteiger partial charge < -0.3 is 22.3 Å². The predicted molar refractivity (Wildman–Crippen MR) is 83.1 cm³/mol. The molecule has 7 heteroatoms. The Morgan fingerprint density at radius 1 is 1.23 bits per heavy atom. The maximum atomic E-state index is 11.8. The molecule has 22 heavy (non-hydrogen) atoms. The summed E-state index contributed by atoms with van der Waals surface area (Å²) in [5.74, 6) is 0.357. The molecule has 2 aromatic rings. The molecule has 1 N–H and O–H groups in total. The summed E-state index contributed by atoms with van der Waals surface area (Å²) in [6, 6.07) is 6.01. The Kier molecular flexibility index (Phi) is 8.19. The molecule has 0 saturated heterocycles. The number of pyridine rings is 1. The van der Waals surface area contributed by atoms with Gasteiger partial charge >= 0.3 is 0 Å². The molecule has 2 heterocycles. The summed E-state index contributed by atoms with van der Waals surface area (Å²) in [7, 11) is 0. The second-order valence-electron chi connectivity index (χ2n) is 5.22. The van der Waals surface area contributed by atoms with Crippen molar-refractivity contribution in [1.29, 1.82) is 0 Å². The minimum Gasteiger partial charge on any atom is -1.00 e. The van der Waals surface area contributed by atoms with Gasteiger partial charge in [0, 0.05) is 30.9 Å². The Morgan fingerprint density at radius 3 is 2.59 bits per heavy atom. The van der Waals surface area contributed by atoms with Crippen molar-refractivity contribution in [2.75, 3.05) is 5.32 Å². The monoisotopic (exact) mass is 384 g/mol. The third kappa shape index (κ3) is 6.19. The summed E-state index contributed by atoms with van der Waals surface area (Å²) in [5.41, 5.74) is 0. The van der Waals surface area contributed by atoms with Gasteiger partial charge in [-0.05, 0) is 6.42 Å². The van der Waals surface area contributed by atoms with Crippen molar-refractivity contribution < 1.29 is 26.3 Å². The molecule has 0 aromatic carbocycles. The molecule has 0 saturated carbocycles. The fourth-order valence-electron chi connectivity index (χ4n) is 1.86. The number of rotatable bonds is 7. The first kappa shape index (κ1) is 18.7. The second-order valence-corrected chi connectivity index (χ2v) is 6.23. The zero-order valence-electron chi connectivity index (χ0n) is 12.8. The average molecular weight is 385 g/mol. The average Bonchev–Trinajstić information content (AvgIpc) is 2.93. The minimum atomic E-state index is 0. The van der Waals surface area contributed by atoms with Gasteiger partial charge in [-0.25, -0.2) is 4.57 Å². The highest BCUT2D eigenvalue weighted by Crippen LogP contribution is 2.22. The fourth-order valence-corrected chi connectivity index (χ4v) is 2.63. The van der Waals surface area contributed by atoms with E-state index in [4.69, 9.17) is 0 Å². The first-order valence-corrected chi connectivity index (χ1v) is 8.04. The summed E-state index contributed by atoms with van der Waals surface area (Å²) < 4.78 is 2.12. The maximum absolute atomic E-state index is 11.8. The van der Waals surface area contributed by atoms with Crippen LogP contribution >= 0.6 is 11.3 Å². The minimum absolute atomic E-state index is 0. The molecule has 0 fully saturated rings. The van der Waals surface area contributed by atoms with E-state index in [1.54, 1.807) is 0 Å². The highest BCUT2D eigenvalue weighted by Gasteiger charge is 2.10. The smallest absolute Gasteiger partial charge is 0.226 e. The molecule has 0 unspecified atom stereocenters. The zero-order valence-corrected chi connectivity index (χ0v) is 15.2. The van der Waals surface area contributed by atoms with Gasteiger partial charge in [0.1, 0.15) is 11.6 Å². The van der Waals surface area contributed by atoms with E-state index in [1.165, 1.54) is 11.3 Å². The van der Waals surface area contributed by atoms with E-state index >= 15 is 0 Å². The summed E-state index contributed by atoms with van der Waals surface area (Å²) >= 11 is 1.45. The lowest BCUT2D eigenvalue weighted by atomic mass is 10.2. The van der Waals surface area contributed by atoms with Gasteiger partial charge in [-0.2, -0.15) is 0 Å². The number of anilines is 1. The number of amides is 1. The standard InChI is InChI=1S/C15H20N4OS.BrH/c1-12(2)14-17-18-15(21-14)16-13(20)8-4-7-11-19-9-5-3-6-10-19;/h3,5-6,9-10,12H,4,7-8,11H2,1-2H3;1H. The van der Waals surface area contributed by atoms with Crippen molar-refractivity contribution in [3.05, 3.63) is 35.6 Å². The van der Waals surface area contributed by atoms with E-state index in [9.17, 15) is 4.79 Å². The molecular formula is C15H21BrN4OS. The van der Waals surface area contributed by atoms with Crippen molar-refractivity contribution >= 4 is 22.4 Å². The number of halogens is 1. The SMILES string of the molecule is CC(C)c1nnc(NC(=O)CCCC[n+]2ccccc2)s1.[Br-]. The van der Waals surface area contributed by atoms with Gasteiger partial charge in [-0.15, -0.1) is 10.2 Å². The fraction of sp³-hybridized carbons (Fsp3) is 0.467. The van der Waals surface area contributed by atoms with Crippen molar-refractivity contribution in [2.24, 2.45) is 0 Å². The largest absolute Gasteiger partial charge is 1.00 e. The number of aromatic nitrogens is 3. The maximum Gasteiger partial charge on any atom is 0.226 e. The van der Waals surface area contributed by atoms with Crippen molar-refractivity contribution in [1.82, 2.24) is 10.2 Å². The first-order chi connectivity index (χ1) is 10.1. The topological polar surface area (TPSA) is 58.8 Å². The van der Waals surface area contributed by atoms with Crippen LogP contribution in [0, 0.1) is 0 Å². The highest BCUT2D eigenvalue weighted by atomic mass is 79.9. The molecule has 0 atom stereocenters. The van der Waals surface area contributed by atoms with Crippen LogP contribution in [0.1, 0.15) is 44.0 Å². The molecule has 2 aromatic heterocycles. The van der Waals surface area contributed by atoms with Crippen LogP contribution in [-0.2, 0) is 11.3 Å². The highest BCUT2D eigenvalue weighted by molar-refractivity contribution is 7.15. The quantitative estimate of drug-likeness (QED) is 0.529. The van der Waals surface area contributed by atoms with Crippen LogP contribution in [0.5, 0.6) is 0 Å². The number of hydrogen-bond acceptors (Lipinski definition) is 4. The zero-order chi connectivity index (χ0) is 15.1. The Balaban J connectivity index is 0.00000242. The molecule has 2 rings (SSSR count). The third-order valence-corrected chi connectivity index (χ3v) is 4.17. The van der Waals surface area contributed by atoms with Crippen molar-refractivity contribution in [3.63, 3.8) is 0 Å². The lowest BCUT2D eigenvalue weighted by Crippen LogP contribution is -3.00. The number of carbonyl (C=O) groups is 1. The van der Waals surface area contributed by atoms with Crippen LogP contribution in [0.2, 0.25) is 0 Å². The second kappa shape index (κ2) is 9.63. The molecule has 1 amide bonds. The van der Waals surface area contributed by atoms with Crippen molar-refractivity contribution in [2.45, 2.75) is 45.6 Å². The van der Waals surface area contributed by atoms with E-state index in [0.717, 1.165) is 24.4 Å². The molecule has 0 radical (unpaired) electrons. The van der Waals surface area contributed by atoms with Crippen LogP contribution in [0.15, 0.2) is 30.6 Å². The molecule has 5 nitrogen and oxygen atoms in total. The summed E-state index contributed by atoms with van der Waals surface area (Å²) in [6.45, 7) is 5.06. The number of nitrogens with zero attached hydrogens (tertiary/aromatic N) is 3. The molecule has 0 spiro atoms. The molecule has 0 aliphatic heterocycles. The molecular weight excluding hydrogens is 364 g/mol. The number of aryl methyl sites for hydroxylation is 1. The van der Waals surface area contributed by atoms with E-state index in [1.807, 2.05) is 30.6 Å². The number of carbonyl (C=O) groups excluding carboxylic acids is 1. The number of nitrogens with one attached hydrogen (secondary N) is 1. The number of unbranched alkanes of at least 4 members (excludes halogenated alkanes) is 1. The Labute approximate surface area is 145 Å². The number of hydrogen-bond donors (Lipinski definition) is 1. The molecule has 0 bridgehead atoms. The molecule has 120 valence electrons.